The lowest BCUT2D eigenvalue weighted by atomic mass is 10.1. The van der Waals surface area contributed by atoms with Gasteiger partial charge in [0.25, 0.3) is 29.2 Å². The number of nitrogens with one attached hydrogen (secondary N) is 1. The number of esters is 1. The Labute approximate surface area is 271 Å². The zero-order valence-corrected chi connectivity index (χ0v) is 25.2. The van der Waals surface area contributed by atoms with E-state index in [2.05, 4.69) is 10.5 Å². The third kappa shape index (κ3) is 5.29. The molecule has 1 atom stereocenters. The average Bonchev–Trinajstić information content (AvgIpc) is 3.60. The molecule has 3 aromatic carbocycles. The normalized spacial score (nSPS) is 15.1. The van der Waals surface area contributed by atoms with Crippen LogP contribution >= 0.6 is 0 Å². The number of hydrogen-bond acceptors (Lipinski definition) is 10. The molecule has 1 N–H and O–H groups in total. The van der Waals surface area contributed by atoms with Crippen LogP contribution in [0.25, 0.3) is 16.7 Å². The van der Waals surface area contributed by atoms with E-state index in [-0.39, 0.29) is 46.3 Å². The molecule has 1 fully saturated rings. The van der Waals surface area contributed by atoms with E-state index in [0.29, 0.717) is 29.9 Å². The minimum absolute atomic E-state index is 0.00115. The van der Waals surface area contributed by atoms with Crippen LogP contribution in [0, 0.1) is 0 Å². The van der Waals surface area contributed by atoms with Gasteiger partial charge < -0.3 is 24.2 Å². The number of aromatic nitrogens is 2. The Balaban J connectivity index is 1.16. The number of amides is 4. The maximum Gasteiger partial charge on any atom is 0.303 e. The molecule has 4 heterocycles. The van der Waals surface area contributed by atoms with Gasteiger partial charge in [-0.05, 0) is 54.6 Å². The van der Waals surface area contributed by atoms with Gasteiger partial charge >= 0.3 is 5.97 Å². The van der Waals surface area contributed by atoms with E-state index in [1.807, 2.05) is 0 Å². The van der Waals surface area contributed by atoms with Crippen LogP contribution in [0.5, 0.6) is 0 Å². The zero-order chi connectivity index (χ0) is 33.5. The number of nitrogens with zero attached hydrogens (tertiary/aromatic N) is 4. The van der Waals surface area contributed by atoms with Gasteiger partial charge in [0.2, 0.25) is 6.10 Å². The summed E-state index contributed by atoms with van der Waals surface area (Å²) < 4.78 is 17.2. The average molecular weight is 648 g/mol. The molecule has 7 rings (SSSR count). The van der Waals surface area contributed by atoms with Crippen LogP contribution in [0.15, 0.2) is 94.4 Å². The minimum atomic E-state index is -1.63. The standard InChI is InChI=1S/C34H25N5O9/c1-19(40)47-29(26-10-5-13-38(32(26)43)22-7-4-6-21(17-22)37-14-15-46-18-28(37)41)31(42)35-20-11-12-25-27(16-20)48-36-30(25)39-33(44)23-8-2-3-9-24(23)34(39)45/h2-13,16-17,29H,14-15,18H2,1H3,(H,35,42). The molecular formula is C34H25N5O9. The van der Waals surface area contributed by atoms with Gasteiger partial charge in [-0.15, -0.1) is 0 Å². The molecule has 2 aliphatic heterocycles. The number of carbonyl (C=O) groups is 5. The fourth-order valence-corrected chi connectivity index (χ4v) is 5.69. The molecule has 2 aromatic heterocycles. The first-order valence-electron chi connectivity index (χ1n) is 14.8. The van der Waals surface area contributed by atoms with Crippen molar-refractivity contribution in [3.05, 3.63) is 112 Å². The van der Waals surface area contributed by atoms with Crippen LogP contribution in [-0.4, -0.2) is 59.1 Å². The van der Waals surface area contributed by atoms with Gasteiger partial charge in [-0.3, -0.25) is 33.3 Å². The Morgan fingerprint density at radius 3 is 2.38 bits per heavy atom. The number of pyridine rings is 1. The SMILES string of the molecule is CC(=O)OC(C(=O)Nc1ccc2c(N3C(=O)c4ccccc4C3=O)noc2c1)c1cccn(-c2cccc(N3CCOCC3=O)c2)c1=O. The molecule has 14 heteroatoms. The Hall–Kier alpha value is -6.41. The molecule has 1 saturated heterocycles. The quantitative estimate of drug-likeness (QED) is 0.204. The fourth-order valence-electron chi connectivity index (χ4n) is 5.69. The van der Waals surface area contributed by atoms with Gasteiger partial charge in [0.1, 0.15) is 6.61 Å². The highest BCUT2D eigenvalue weighted by Crippen LogP contribution is 2.34. The van der Waals surface area contributed by atoms with E-state index in [9.17, 15) is 28.8 Å². The van der Waals surface area contributed by atoms with Crippen LogP contribution in [-0.2, 0) is 23.9 Å². The maximum absolute atomic E-state index is 13.7. The van der Waals surface area contributed by atoms with Crippen molar-refractivity contribution in [2.45, 2.75) is 13.0 Å². The molecule has 0 saturated carbocycles. The van der Waals surface area contributed by atoms with Crippen molar-refractivity contribution in [2.24, 2.45) is 0 Å². The third-order valence-corrected chi connectivity index (χ3v) is 7.91. The van der Waals surface area contributed by atoms with Crippen LogP contribution in [0.4, 0.5) is 17.2 Å². The highest BCUT2D eigenvalue weighted by atomic mass is 16.5. The molecule has 1 unspecified atom stereocenters. The number of rotatable bonds is 7. The van der Waals surface area contributed by atoms with Gasteiger partial charge in [0, 0.05) is 37.1 Å². The number of morpholine rings is 1. The number of benzene rings is 3. The second kappa shape index (κ2) is 12.1. The molecule has 0 spiro atoms. The number of anilines is 3. The molecule has 240 valence electrons. The summed E-state index contributed by atoms with van der Waals surface area (Å²) in [6.45, 7) is 1.80. The Kier molecular flexibility index (Phi) is 7.61. The first kappa shape index (κ1) is 30.3. The summed E-state index contributed by atoms with van der Waals surface area (Å²) in [5.41, 5.74) is 1.11. The number of carbonyl (C=O) groups excluding carboxylic acids is 5. The van der Waals surface area contributed by atoms with E-state index >= 15 is 0 Å². The predicted octanol–water partition coefficient (Wildman–Crippen LogP) is 3.39. The summed E-state index contributed by atoms with van der Waals surface area (Å²) in [6, 6.07) is 20.5. The molecule has 48 heavy (non-hydrogen) atoms. The summed E-state index contributed by atoms with van der Waals surface area (Å²) in [4.78, 5) is 80.3. The van der Waals surface area contributed by atoms with Crippen molar-refractivity contribution < 1.29 is 38.0 Å². The lowest BCUT2D eigenvalue weighted by Gasteiger charge is -2.27. The van der Waals surface area contributed by atoms with Crippen molar-refractivity contribution >= 4 is 57.8 Å². The van der Waals surface area contributed by atoms with Crippen molar-refractivity contribution in [1.82, 2.24) is 9.72 Å². The van der Waals surface area contributed by atoms with E-state index in [0.717, 1.165) is 11.8 Å². The van der Waals surface area contributed by atoms with Crippen LogP contribution in [0.3, 0.4) is 0 Å². The topological polar surface area (TPSA) is 170 Å². The van der Waals surface area contributed by atoms with E-state index in [1.165, 1.54) is 41.1 Å². The van der Waals surface area contributed by atoms with Crippen molar-refractivity contribution in [3.8, 4) is 5.69 Å². The number of imide groups is 1. The lowest BCUT2D eigenvalue weighted by Crippen LogP contribution is -2.41. The monoisotopic (exact) mass is 647 g/mol. The molecule has 5 aromatic rings. The Bertz CT molecular complexity index is 2190. The molecule has 0 radical (unpaired) electrons. The predicted molar refractivity (Wildman–Crippen MR) is 170 cm³/mol. The van der Waals surface area contributed by atoms with Gasteiger partial charge in [-0.25, -0.2) is 4.90 Å². The van der Waals surface area contributed by atoms with Crippen molar-refractivity contribution in [2.75, 3.05) is 34.9 Å². The second-order valence-corrected chi connectivity index (χ2v) is 10.9. The van der Waals surface area contributed by atoms with Crippen molar-refractivity contribution in [3.63, 3.8) is 0 Å². The molecule has 0 aliphatic carbocycles. The number of hydrogen-bond donors (Lipinski definition) is 1. The highest BCUT2D eigenvalue weighted by molar-refractivity contribution is 6.35. The molecule has 4 amide bonds. The first-order valence-corrected chi connectivity index (χ1v) is 14.8. The van der Waals surface area contributed by atoms with Gasteiger partial charge in [-0.2, -0.15) is 0 Å². The van der Waals surface area contributed by atoms with Gasteiger partial charge in [0.05, 0.1) is 34.4 Å². The minimum Gasteiger partial charge on any atom is -0.447 e. The third-order valence-electron chi connectivity index (χ3n) is 7.91. The second-order valence-electron chi connectivity index (χ2n) is 10.9. The largest absolute Gasteiger partial charge is 0.447 e. The first-order chi connectivity index (χ1) is 23.2. The van der Waals surface area contributed by atoms with E-state index in [4.69, 9.17) is 14.0 Å². The molecule has 0 bridgehead atoms. The summed E-state index contributed by atoms with van der Waals surface area (Å²) in [5, 5.41) is 6.92. The molecule has 2 aliphatic rings. The van der Waals surface area contributed by atoms with Gasteiger partial charge in [-0.1, -0.05) is 23.4 Å². The maximum atomic E-state index is 13.7. The van der Waals surface area contributed by atoms with Crippen LogP contribution < -0.4 is 20.7 Å². The Morgan fingerprint density at radius 1 is 0.896 bits per heavy atom. The van der Waals surface area contributed by atoms with Gasteiger partial charge in [0.15, 0.2) is 11.4 Å². The molecular weight excluding hydrogens is 622 g/mol. The summed E-state index contributed by atoms with van der Waals surface area (Å²) in [7, 11) is 0. The summed E-state index contributed by atoms with van der Waals surface area (Å²) >= 11 is 0. The van der Waals surface area contributed by atoms with Crippen LogP contribution in [0.1, 0.15) is 39.3 Å². The van der Waals surface area contributed by atoms with E-state index < -0.39 is 35.4 Å². The number of ether oxygens (including phenoxy) is 2. The highest BCUT2D eigenvalue weighted by Gasteiger charge is 2.39. The lowest BCUT2D eigenvalue weighted by molar-refractivity contribution is -0.152. The Morgan fingerprint density at radius 2 is 1.65 bits per heavy atom. The number of fused-ring (bicyclic) bond motifs is 2. The van der Waals surface area contributed by atoms with Crippen molar-refractivity contribution in [1.29, 1.82) is 0 Å². The van der Waals surface area contributed by atoms with Crippen LogP contribution in [0.2, 0.25) is 0 Å². The molecule has 14 nitrogen and oxygen atoms in total. The van der Waals surface area contributed by atoms with E-state index in [1.54, 1.807) is 53.4 Å². The summed E-state index contributed by atoms with van der Waals surface area (Å²) in [5.74, 6) is -2.92. The summed E-state index contributed by atoms with van der Waals surface area (Å²) in [6.07, 6.45) is -0.135. The smallest absolute Gasteiger partial charge is 0.303 e. The fraction of sp³-hybridized carbons (Fsp3) is 0.147. The zero-order valence-electron chi connectivity index (χ0n) is 25.2.